The van der Waals surface area contributed by atoms with E-state index in [1.54, 1.807) is 0 Å². The van der Waals surface area contributed by atoms with Crippen LogP contribution in [0.3, 0.4) is 0 Å². The van der Waals surface area contributed by atoms with Crippen molar-refractivity contribution in [2.24, 2.45) is 0 Å². The lowest BCUT2D eigenvalue weighted by atomic mass is 9.98. The van der Waals surface area contributed by atoms with Crippen LogP contribution in [0.1, 0.15) is 0 Å². The number of aromatic nitrogens is 4. The Labute approximate surface area is 385 Å². The molecule has 5 heteroatoms. The third-order valence-electron chi connectivity index (χ3n) is 13.5. The summed E-state index contributed by atoms with van der Waals surface area (Å²) in [7, 11) is 0. The normalized spacial score (nSPS) is 11.9. The Kier molecular flexibility index (Phi) is 8.21. The van der Waals surface area contributed by atoms with E-state index in [1.807, 2.05) is 30.3 Å². The van der Waals surface area contributed by atoms with Crippen molar-refractivity contribution in [2.45, 2.75) is 0 Å². The lowest BCUT2D eigenvalue weighted by Gasteiger charge is -2.10. The predicted molar refractivity (Wildman–Crippen MR) is 277 cm³/mol. The lowest BCUT2D eigenvalue weighted by molar-refractivity contribution is 0.669. The zero-order valence-corrected chi connectivity index (χ0v) is 36.1. The summed E-state index contributed by atoms with van der Waals surface area (Å²) in [6, 6.07) is 82.2. The maximum atomic E-state index is 6.56. The van der Waals surface area contributed by atoms with Crippen LogP contribution in [0, 0.1) is 0 Å². The molecule has 0 saturated heterocycles. The van der Waals surface area contributed by atoms with Crippen molar-refractivity contribution in [2.75, 3.05) is 0 Å². The highest BCUT2D eigenvalue weighted by atomic mass is 16.3. The first-order chi connectivity index (χ1) is 33.2. The largest absolute Gasteiger partial charge is 0.456 e. The van der Waals surface area contributed by atoms with Gasteiger partial charge in [-0.05, 0) is 113 Å². The molecule has 0 aliphatic carbocycles. The molecular formula is C62H38N4O. The van der Waals surface area contributed by atoms with Crippen molar-refractivity contribution in [3.63, 3.8) is 0 Å². The van der Waals surface area contributed by atoms with Crippen LogP contribution in [-0.4, -0.2) is 19.1 Å². The molecule has 0 atom stereocenters. The first kappa shape index (κ1) is 37.3. The molecule has 0 saturated carbocycles. The molecule has 0 N–H and O–H groups in total. The minimum absolute atomic E-state index is 0.670. The maximum Gasteiger partial charge on any atom is 0.161 e. The second kappa shape index (κ2) is 14.7. The number of furan rings is 1. The van der Waals surface area contributed by atoms with Crippen LogP contribution in [0.5, 0.6) is 0 Å². The van der Waals surface area contributed by atoms with Gasteiger partial charge in [-0.15, -0.1) is 0 Å². The van der Waals surface area contributed by atoms with Gasteiger partial charge in [-0.3, -0.25) is 0 Å². The van der Waals surface area contributed by atoms with E-state index in [2.05, 4.69) is 209 Å². The van der Waals surface area contributed by atoms with Crippen molar-refractivity contribution >= 4 is 76.5 Å². The average molecular weight is 855 g/mol. The molecule has 0 aliphatic rings. The summed E-state index contributed by atoms with van der Waals surface area (Å²) in [4.78, 5) is 10.4. The van der Waals surface area contributed by atoms with Crippen LogP contribution < -0.4 is 0 Å². The molecule has 0 fully saturated rings. The third-order valence-corrected chi connectivity index (χ3v) is 13.5. The molecule has 312 valence electrons. The molecule has 67 heavy (non-hydrogen) atoms. The maximum absolute atomic E-state index is 6.56. The van der Waals surface area contributed by atoms with Crippen LogP contribution in [-0.2, 0) is 0 Å². The minimum Gasteiger partial charge on any atom is -0.456 e. The zero-order valence-electron chi connectivity index (χ0n) is 36.1. The second-order valence-corrected chi connectivity index (χ2v) is 17.3. The zero-order chi connectivity index (χ0) is 44.0. The van der Waals surface area contributed by atoms with Gasteiger partial charge < -0.3 is 13.6 Å². The van der Waals surface area contributed by atoms with Gasteiger partial charge in [0.05, 0.1) is 33.3 Å². The number of rotatable bonds is 6. The summed E-state index contributed by atoms with van der Waals surface area (Å²) in [5.74, 6) is 0.670. The van der Waals surface area contributed by atoms with Gasteiger partial charge in [-0.1, -0.05) is 140 Å². The van der Waals surface area contributed by atoms with Gasteiger partial charge in [0.25, 0.3) is 0 Å². The Balaban J connectivity index is 0.937. The Hall–Kier alpha value is -9.06. The highest BCUT2D eigenvalue weighted by molar-refractivity contribution is 6.15. The highest BCUT2D eigenvalue weighted by Crippen LogP contribution is 2.42. The minimum atomic E-state index is 0.670. The van der Waals surface area contributed by atoms with E-state index in [9.17, 15) is 0 Å². The van der Waals surface area contributed by atoms with Crippen LogP contribution in [0.25, 0.3) is 133 Å². The topological polar surface area (TPSA) is 48.8 Å². The molecule has 0 aliphatic heterocycles. The number of benzene rings is 10. The summed E-state index contributed by atoms with van der Waals surface area (Å²) in [5, 5.41) is 7.92. The molecule has 0 spiro atoms. The number of fused-ring (bicyclic) bond motifs is 10. The van der Waals surface area contributed by atoms with Crippen molar-refractivity contribution in [3.8, 4) is 56.3 Å². The smallest absolute Gasteiger partial charge is 0.161 e. The van der Waals surface area contributed by atoms with Gasteiger partial charge in [0.1, 0.15) is 11.2 Å². The number of hydrogen-bond donors (Lipinski definition) is 0. The van der Waals surface area contributed by atoms with Gasteiger partial charge in [0.2, 0.25) is 0 Å². The van der Waals surface area contributed by atoms with Crippen LogP contribution in [0.2, 0.25) is 0 Å². The first-order valence-electron chi connectivity index (χ1n) is 22.7. The van der Waals surface area contributed by atoms with Gasteiger partial charge in [0, 0.05) is 60.2 Å². The van der Waals surface area contributed by atoms with Gasteiger partial charge in [0.15, 0.2) is 5.82 Å². The molecule has 0 radical (unpaired) electrons. The monoisotopic (exact) mass is 854 g/mol. The molecule has 4 aromatic heterocycles. The molecule has 4 heterocycles. The third kappa shape index (κ3) is 5.88. The van der Waals surface area contributed by atoms with Crippen molar-refractivity contribution in [3.05, 3.63) is 231 Å². The number of nitrogens with zero attached hydrogens (tertiary/aromatic N) is 4. The van der Waals surface area contributed by atoms with E-state index in [0.717, 1.165) is 83.2 Å². The molecular weight excluding hydrogens is 817 g/mol. The Morgan fingerprint density at radius 2 is 0.806 bits per heavy atom. The van der Waals surface area contributed by atoms with E-state index in [4.69, 9.17) is 14.4 Å². The summed E-state index contributed by atoms with van der Waals surface area (Å²) in [5.41, 5.74) is 17.0. The molecule has 0 unspecified atom stereocenters. The van der Waals surface area contributed by atoms with E-state index in [1.165, 1.54) is 43.7 Å². The Morgan fingerprint density at radius 1 is 0.313 bits per heavy atom. The van der Waals surface area contributed by atoms with Crippen molar-refractivity contribution in [1.82, 2.24) is 19.1 Å². The Bertz CT molecular complexity index is 4260. The molecule has 14 aromatic rings. The summed E-state index contributed by atoms with van der Waals surface area (Å²) >= 11 is 0. The Morgan fingerprint density at radius 3 is 1.43 bits per heavy atom. The van der Waals surface area contributed by atoms with E-state index < -0.39 is 0 Å². The van der Waals surface area contributed by atoms with Crippen LogP contribution in [0.15, 0.2) is 235 Å². The summed E-state index contributed by atoms with van der Waals surface area (Å²) in [6.07, 6.45) is 0. The highest BCUT2D eigenvalue weighted by Gasteiger charge is 2.20. The van der Waals surface area contributed by atoms with E-state index >= 15 is 0 Å². The number of para-hydroxylation sites is 4. The van der Waals surface area contributed by atoms with Crippen molar-refractivity contribution < 1.29 is 4.42 Å². The fourth-order valence-electron chi connectivity index (χ4n) is 10.5. The second-order valence-electron chi connectivity index (χ2n) is 17.3. The van der Waals surface area contributed by atoms with E-state index in [0.29, 0.717) is 5.82 Å². The SMILES string of the molecule is c1ccc(-c2nc(-c3cccc4oc5ccc(-c6ccc7c(c6)c6cc(-c8ccc9c(c8)c8ccccc8n9-c8ccccc8)ccc6n7-c6ccccc6)cc5c34)nc3ccccc23)cc1. The lowest BCUT2D eigenvalue weighted by Crippen LogP contribution is -1.95. The molecule has 0 bridgehead atoms. The molecule has 5 nitrogen and oxygen atoms in total. The quantitative estimate of drug-likeness (QED) is 0.167. The first-order valence-corrected chi connectivity index (χ1v) is 22.7. The summed E-state index contributed by atoms with van der Waals surface area (Å²) < 4.78 is 11.3. The van der Waals surface area contributed by atoms with Crippen LogP contribution in [0.4, 0.5) is 0 Å². The fourth-order valence-corrected chi connectivity index (χ4v) is 10.5. The van der Waals surface area contributed by atoms with Crippen LogP contribution >= 0.6 is 0 Å². The average Bonchev–Trinajstić information content (AvgIpc) is 4.06. The summed E-state index contributed by atoms with van der Waals surface area (Å²) in [6.45, 7) is 0. The van der Waals surface area contributed by atoms with E-state index in [-0.39, 0.29) is 0 Å². The predicted octanol–water partition coefficient (Wildman–Crippen LogP) is 16.4. The fraction of sp³-hybridized carbons (Fsp3) is 0. The standard InChI is InChI=1S/C62H38N4O/c1-4-15-39(16-5-1)61-47-22-10-12-24-53(47)63-62(64-61)48-23-14-26-59-60(48)52-38-43(30-34-58(52)67-59)42-29-33-57-51(37-42)50-36-41(28-32-56(50)66(57)45-19-8-3-9-20-45)40-27-31-55-49(35-40)46-21-11-13-25-54(46)65(55)44-17-6-2-7-18-44/h1-38H. The number of hydrogen-bond acceptors (Lipinski definition) is 3. The molecule has 0 amide bonds. The molecule has 10 aromatic carbocycles. The van der Waals surface area contributed by atoms with Gasteiger partial charge in [-0.2, -0.15) is 0 Å². The van der Waals surface area contributed by atoms with Crippen molar-refractivity contribution in [1.29, 1.82) is 0 Å². The van der Waals surface area contributed by atoms with Gasteiger partial charge >= 0.3 is 0 Å². The van der Waals surface area contributed by atoms with Gasteiger partial charge in [-0.25, -0.2) is 9.97 Å². The molecule has 14 rings (SSSR count).